The van der Waals surface area contributed by atoms with Crippen LogP contribution in [0.3, 0.4) is 0 Å². The Morgan fingerprint density at radius 2 is 1.26 bits per heavy atom. The van der Waals surface area contributed by atoms with Crippen LogP contribution in [0.15, 0.2) is 79.0 Å². The molecule has 0 amide bonds. The molecule has 3 nitrogen and oxygen atoms in total. The number of nitrogens with zero attached hydrogens (tertiary/aromatic N) is 2. The maximum absolute atomic E-state index is 5.83. The van der Waals surface area contributed by atoms with Gasteiger partial charge in [-0.05, 0) is 72.6 Å². The Morgan fingerprint density at radius 1 is 0.714 bits per heavy atom. The van der Waals surface area contributed by atoms with Crippen LogP contribution in [0.2, 0.25) is 0 Å². The fourth-order valence-corrected chi connectivity index (χ4v) is 6.63. The van der Waals surface area contributed by atoms with Crippen molar-refractivity contribution in [3.63, 3.8) is 0 Å². The number of hydrogen-bond acceptors (Lipinski definition) is 2. The smallest absolute Gasteiger partial charge is 0.242 e. The molecule has 0 N–H and O–H groups in total. The molecular formula is C38H43BN2O. The van der Waals surface area contributed by atoms with Crippen LogP contribution in [0.1, 0.15) is 52.8 Å². The summed E-state index contributed by atoms with van der Waals surface area (Å²) < 4.78 is 8.02. The molecule has 0 bridgehead atoms. The van der Waals surface area contributed by atoms with Crippen LogP contribution >= 0.6 is 0 Å². The van der Waals surface area contributed by atoms with Gasteiger partial charge in [0, 0.05) is 12.6 Å². The number of rotatable bonds is 8. The highest BCUT2D eigenvalue weighted by Crippen LogP contribution is 2.26. The van der Waals surface area contributed by atoms with E-state index in [1.807, 2.05) is 6.20 Å². The second kappa shape index (κ2) is 12.2. The van der Waals surface area contributed by atoms with Crippen LogP contribution in [0.25, 0.3) is 22.6 Å². The summed E-state index contributed by atoms with van der Waals surface area (Å²) in [5.41, 5.74) is 16.6. The lowest BCUT2D eigenvalue weighted by Crippen LogP contribution is -2.55. The van der Waals surface area contributed by atoms with Gasteiger partial charge in [0.2, 0.25) is 6.71 Å². The van der Waals surface area contributed by atoms with Gasteiger partial charge in [-0.15, -0.1) is 0 Å². The summed E-state index contributed by atoms with van der Waals surface area (Å²) in [5, 5.41) is 0. The van der Waals surface area contributed by atoms with Crippen molar-refractivity contribution in [2.24, 2.45) is 7.05 Å². The summed E-state index contributed by atoms with van der Waals surface area (Å²) in [6.45, 7) is 18.3. The van der Waals surface area contributed by atoms with E-state index in [0.29, 0.717) is 6.61 Å². The third-order valence-electron chi connectivity index (χ3n) is 8.35. The second-order valence-electron chi connectivity index (χ2n) is 12.3. The van der Waals surface area contributed by atoms with Gasteiger partial charge in [0.15, 0.2) is 0 Å². The van der Waals surface area contributed by atoms with E-state index in [2.05, 4.69) is 140 Å². The molecule has 0 atom stereocenters. The monoisotopic (exact) mass is 554 g/mol. The standard InChI is InChI=1S/C38H43BN2O/c1-24(2)42-23-31-11-10-12-33(21-31)38-40-22-35(41(38)9)32-13-15-34(16-14-32)39(36-27(5)17-25(3)18-28(36)6)37-29(7)19-26(4)20-30(37)8/h10-22,24H,23H2,1-9H3. The van der Waals surface area contributed by atoms with Crippen molar-refractivity contribution in [1.29, 1.82) is 0 Å². The number of ether oxygens (including phenoxy) is 1. The van der Waals surface area contributed by atoms with Gasteiger partial charge in [-0.1, -0.05) is 116 Å². The van der Waals surface area contributed by atoms with Crippen molar-refractivity contribution in [3.05, 3.63) is 118 Å². The molecule has 0 spiro atoms. The molecule has 0 aliphatic heterocycles. The maximum Gasteiger partial charge on any atom is 0.242 e. The highest BCUT2D eigenvalue weighted by molar-refractivity contribution is 6.96. The van der Waals surface area contributed by atoms with Crippen LogP contribution in [-0.4, -0.2) is 22.4 Å². The second-order valence-corrected chi connectivity index (χ2v) is 12.3. The molecule has 214 valence electrons. The van der Waals surface area contributed by atoms with Gasteiger partial charge in [0.25, 0.3) is 0 Å². The first-order valence-electron chi connectivity index (χ1n) is 15.0. The first-order chi connectivity index (χ1) is 20.0. The van der Waals surface area contributed by atoms with Crippen molar-refractivity contribution < 1.29 is 4.74 Å². The van der Waals surface area contributed by atoms with Gasteiger partial charge in [-0.3, -0.25) is 0 Å². The van der Waals surface area contributed by atoms with Crippen LogP contribution in [0.4, 0.5) is 0 Å². The van der Waals surface area contributed by atoms with Gasteiger partial charge in [0.05, 0.1) is 24.6 Å². The minimum atomic E-state index is 0.165. The summed E-state index contributed by atoms with van der Waals surface area (Å²) in [4.78, 5) is 4.84. The Morgan fingerprint density at radius 3 is 1.79 bits per heavy atom. The summed E-state index contributed by atoms with van der Waals surface area (Å²) >= 11 is 0. The first-order valence-corrected chi connectivity index (χ1v) is 15.0. The number of aromatic nitrogens is 2. The fraction of sp³-hybridized carbons (Fsp3) is 0.289. The van der Waals surface area contributed by atoms with Crippen LogP contribution < -0.4 is 16.4 Å². The Kier molecular flexibility index (Phi) is 8.57. The van der Waals surface area contributed by atoms with E-state index in [0.717, 1.165) is 28.2 Å². The molecule has 4 aromatic carbocycles. The number of benzene rings is 4. The Bertz CT molecular complexity index is 1630. The molecule has 0 fully saturated rings. The van der Waals surface area contributed by atoms with Crippen LogP contribution in [0.5, 0.6) is 0 Å². The van der Waals surface area contributed by atoms with Crippen molar-refractivity contribution >= 4 is 23.1 Å². The third kappa shape index (κ3) is 6.01. The minimum Gasteiger partial charge on any atom is -0.374 e. The number of aryl methyl sites for hydroxylation is 6. The van der Waals surface area contributed by atoms with E-state index in [1.165, 1.54) is 49.8 Å². The van der Waals surface area contributed by atoms with E-state index < -0.39 is 0 Å². The molecule has 0 unspecified atom stereocenters. The Labute approximate surface area is 252 Å². The average Bonchev–Trinajstić information content (AvgIpc) is 3.31. The summed E-state index contributed by atoms with van der Waals surface area (Å²) in [7, 11) is 2.10. The van der Waals surface area contributed by atoms with Gasteiger partial charge in [0.1, 0.15) is 5.82 Å². The van der Waals surface area contributed by atoms with Crippen molar-refractivity contribution in [1.82, 2.24) is 9.55 Å². The molecule has 5 rings (SSSR count). The molecule has 4 heteroatoms. The SMILES string of the molecule is Cc1cc(C)c(B(c2ccc(-c3cnc(-c4cccc(COC(C)C)c4)n3C)cc2)c2c(C)cc(C)cc2C)c(C)c1. The van der Waals surface area contributed by atoms with Gasteiger partial charge in [-0.25, -0.2) is 4.98 Å². The van der Waals surface area contributed by atoms with Crippen LogP contribution in [0, 0.1) is 41.5 Å². The zero-order valence-corrected chi connectivity index (χ0v) is 26.7. The molecular weight excluding hydrogens is 511 g/mol. The molecule has 0 aliphatic rings. The maximum atomic E-state index is 5.83. The first kappa shape index (κ1) is 29.6. The molecule has 1 heterocycles. The molecule has 0 aliphatic carbocycles. The molecule has 0 saturated carbocycles. The molecule has 5 aromatic rings. The zero-order chi connectivity index (χ0) is 30.1. The van der Waals surface area contributed by atoms with Gasteiger partial charge < -0.3 is 9.30 Å². The lowest BCUT2D eigenvalue weighted by Gasteiger charge is -2.24. The van der Waals surface area contributed by atoms with Crippen LogP contribution in [-0.2, 0) is 18.4 Å². The van der Waals surface area contributed by atoms with Crippen molar-refractivity contribution in [2.45, 2.75) is 68.1 Å². The largest absolute Gasteiger partial charge is 0.374 e. The zero-order valence-electron chi connectivity index (χ0n) is 26.7. The van der Waals surface area contributed by atoms with Crippen molar-refractivity contribution in [3.8, 4) is 22.6 Å². The summed E-state index contributed by atoms with van der Waals surface area (Å²) in [6, 6.07) is 26.9. The molecule has 0 saturated heterocycles. The van der Waals surface area contributed by atoms with E-state index in [4.69, 9.17) is 9.72 Å². The van der Waals surface area contributed by atoms with E-state index >= 15 is 0 Å². The summed E-state index contributed by atoms with van der Waals surface area (Å²) in [5.74, 6) is 0.954. The topological polar surface area (TPSA) is 27.1 Å². The molecule has 1 aromatic heterocycles. The normalized spacial score (nSPS) is 11.4. The minimum absolute atomic E-state index is 0.165. The van der Waals surface area contributed by atoms with Crippen molar-refractivity contribution in [2.75, 3.05) is 0 Å². The van der Waals surface area contributed by atoms with Gasteiger partial charge >= 0.3 is 0 Å². The van der Waals surface area contributed by atoms with E-state index in [-0.39, 0.29) is 12.8 Å². The Hall–Kier alpha value is -3.89. The number of imidazole rings is 1. The predicted octanol–water partition coefficient (Wildman–Crippen LogP) is 7.05. The molecule has 0 radical (unpaired) electrons. The summed E-state index contributed by atoms with van der Waals surface area (Å²) in [6.07, 6.45) is 2.19. The Balaban J connectivity index is 1.54. The molecule has 42 heavy (non-hydrogen) atoms. The predicted molar refractivity (Wildman–Crippen MR) is 180 cm³/mol. The van der Waals surface area contributed by atoms with Gasteiger partial charge in [-0.2, -0.15) is 0 Å². The quantitative estimate of drug-likeness (QED) is 0.192. The lowest BCUT2D eigenvalue weighted by atomic mass is 9.34. The number of hydrogen-bond donors (Lipinski definition) is 0. The highest BCUT2D eigenvalue weighted by atomic mass is 16.5. The highest BCUT2D eigenvalue weighted by Gasteiger charge is 2.28. The fourth-order valence-electron chi connectivity index (χ4n) is 6.63. The average molecular weight is 555 g/mol. The van der Waals surface area contributed by atoms with E-state index in [1.54, 1.807) is 0 Å². The van der Waals surface area contributed by atoms with E-state index in [9.17, 15) is 0 Å². The lowest BCUT2D eigenvalue weighted by molar-refractivity contribution is 0.0657. The third-order valence-corrected chi connectivity index (χ3v) is 8.35.